The zero-order chi connectivity index (χ0) is 15.1. The van der Waals surface area contributed by atoms with E-state index in [1.807, 2.05) is 12.1 Å². The number of hydrogen-bond donors (Lipinski definition) is 2. The Morgan fingerprint density at radius 1 is 1.33 bits per heavy atom. The van der Waals surface area contributed by atoms with Gasteiger partial charge in [-0.3, -0.25) is 4.79 Å². The molecule has 4 nitrogen and oxygen atoms in total. The van der Waals surface area contributed by atoms with Crippen LogP contribution >= 0.6 is 0 Å². The first-order valence-electron chi connectivity index (χ1n) is 7.55. The van der Waals surface area contributed by atoms with E-state index < -0.39 is 0 Å². The second kappa shape index (κ2) is 7.84. The lowest BCUT2D eigenvalue weighted by molar-refractivity contribution is -0.123. The van der Waals surface area contributed by atoms with Gasteiger partial charge in [0.1, 0.15) is 5.75 Å². The molecule has 0 spiro atoms. The number of amides is 1. The largest absolute Gasteiger partial charge is 0.484 e. The van der Waals surface area contributed by atoms with E-state index in [4.69, 9.17) is 4.74 Å². The number of nitrogens with one attached hydrogen (secondary N) is 2. The highest BCUT2D eigenvalue weighted by atomic mass is 16.5. The Kier molecular flexibility index (Phi) is 5.81. The van der Waals surface area contributed by atoms with Crippen LogP contribution in [0.3, 0.4) is 0 Å². The zero-order valence-corrected chi connectivity index (χ0v) is 12.8. The summed E-state index contributed by atoms with van der Waals surface area (Å²) in [5.41, 5.74) is 2.60. The van der Waals surface area contributed by atoms with Crippen LogP contribution in [0.4, 0.5) is 0 Å². The minimum absolute atomic E-state index is 0.0681. The van der Waals surface area contributed by atoms with Crippen LogP contribution in [0.25, 0.3) is 5.57 Å². The SMILES string of the molecule is CC(C)CNC(=O)COc1ccc(C2=CCNCC2)cc1. The zero-order valence-electron chi connectivity index (χ0n) is 12.8. The van der Waals surface area contributed by atoms with Gasteiger partial charge in [0, 0.05) is 13.1 Å². The molecule has 0 aromatic heterocycles. The highest BCUT2D eigenvalue weighted by molar-refractivity contribution is 5.77. The second-order valence-corrected chi connectivity index (χ2v) is 5.69. The van der Waals surface area contributed by atoms with Crippen LogP contribution in [0.2, 0.25) is 0 Å². The average molecular weight is 288 g/mol. The van der Waals surface area contributed by atoms with E-state index in [1.165, 1.54) is 11.1 Å². The van der Waals surface area contributed by atoms with Gasteiger partial charge in [-0.2, -0.15) is 0 Å². The molecule has 0 unspecified atom stereocenters. The van der Waals surface area contributed by atoms with Gasteiger partial charge in [0.25, 0.3) is 5.91 Å². The summed E-state index contributed by atoms with van der Waals surface area (Å²) >= 11 is 0. The minimum Gasteiger partial charge on any atom is -0.484 e. The Morgan fingerprint density at radius 2 is 2.10 bits per heavy atom. The van der Waals surface area contributed by atoms with E-state index in [1.54, 1.807) is 0 Å². The maximum atomic E-state index is 11.6. The van der Waals surface area contributed by atoms with Gasteiger partial charge in [-0.15, -0.1) is 0 Å². The summed E-state index contributed by atoms with van der Waals surface area (Å²) in [5, 5.41) is 6.14. The topological polar surface area (TPSA) is 50.4 Å². The number of carbonyl (C=O) groups excluding carboxylic acids is 1. The van der Waals surface area contributed by atoms with Crippen molar-refractivity contribution >= 4 is 11.5 Å². The molecule has 0 radical (unpaired) electrons. The molecule has 0 bridgehead atoms. The smallest absolute Gasteiger partial charge is 0.257 e. The summed E-state index contributed by atoms with van der Waals surface area (Å²) in [6, 6.07) is 7.96. The van der Waals surface area contributed by atoms with Crippen LogP contribution in [-0.2, 0) is 4.79 Å². The Hall–Kier alpha value is -1.81. The molecule has 0 atom stereocenters. The maximum absolute atomic E-state index is 11.6. The fourth-order valence-corrected chi connectivity index (χ4v) is 2.17. The lowest BCUT2D eigenvalue weighted by Gasteiger charge is -2.14. The third kappa shape index (κ3) is 5.23. The first kappa shape index (κ1) is 15.6. The number of benzene rings is 1. The van der Waals surface area contributed by atoms with Gasteiger partial charge >= 0.3 is 0 Å². The molecule has 2 N–H and O–H groups in total. The van der Waals surface area contributed by atoms with Gasteiger partial charge in [-0.05, 0) is 42.2 Å². The summed E-state index contributed by atoms with van der Waals surface area (Å²) in [7, 11) is 0. The highest BCUT2D eigenvalue weighted by Gasteiger charge is 2.07. The molecule has 21 heavy (non-hydrogen) atoms. The number of carbonyl (C=O) groups is 1. The molecule has 0 saturated carbocycles. The van der Waals surface area contributed by atoms with E-state index in [0.717, 1.165) is 25.3 Å². The van der Waals surface area contributed by atoms with Gasteiger partial charge in [0.2, 0.25) is 0 Å². The monoisotopic (exact) mass is 288 g/mol. The summed E-state index contributed by atoms with van der Waals surface area (Å²) in [5.74, 6) is 1.10. The summed E-state index contributed by atoms with van der Waals surface area (Å²) < 4.78 is 5.50. The van der Waals surface area contributed by atoms with Gasteiger partial charge in [0.05, 0.1) is 0 Å². The number of hydrogen-bond acceptors (Lipinski definition) is 3. The van der Waals surface area contributed by atoms with Gasteiger partial charge < -0.3 is 15.4 Å². The average Bonchev–Trinajstić information content (AvgIpc) is 2.52. The van der Waals surface area contributed by atoms with E-state index in [0.29, 0.717) is 12.5 Å². The summed E-state index contributed by atoms with van der Waals surface area (Å²) in [6.07, 6.45) is 3.27. The van der Waals surface area contributed by atoms with Crippen molar-refractivity contribution in [2.45, 2.75) is 20.3 Å². The molecule has 0 fully saturated rings. The Labute approximate surface area is 126 Å². The third-order valence-electron chi connectivity index (χ3n) is 3.37. The van der Waals surface area contributed by atoms with Gasteiger partial charge in [0.15, 0.2) is 6.61 Å². The van der Waals surface area contributed by atoms with Crippen LogP contribution < -0.4 is 15.4 Å². The Balaban J connectivity index is 1.82. The lowest BCUT2D eigenvalue weighted by Crippen LogP contribution is -2.31. The molecule has 0 saturated heterocycles. The molecular weight excluding hydrogens is 264 g/mol. The van der Waals surface area contributed by atoms with Crippen molar-refractivity contribution in [2.75, 3.05) is 26.2 Å². The quantitative estimate of drug-likeness (QED) is 0.844. The van der Waals surface area contributed by atoms with E-state index in [9.17, 15) is 4.79 Å². The lowest BCUT2D eigenvalue weighted by atomic mass is 10.0. The summed E-state index contributed by atoms with van der Waals surface area (Å²) in [6.45, 7) is 6.84. The molecule has 1 aliphatic heterocycles. The standard InChI is InChI=1S/C17H24N2O2/c1-13(2)11-19-17(20)12-21-16-5-3-14(4-6-16)15-7-9-18-10-8-15/h3-7,13,18H,8-12H2,1-2H3,(H,19,20). The number of ether oxygens (including phenoxy) is 1. The van der Waals surface area contributed by atoms with Crippen molar-refractivity contribution in [3.05, 3.63) is 35.9 Å². The van der Waals surface area contributed by atoms with E-state index in [-0.39, 0.29) is 12.5 Å². The van der Waals surface area contributed by atoms with E-state index >= 15 is 0 Å². The van der Waals surface area contributed by atoms with Gasteiger partial charge in [-0.25, -0.2) is 0 Å². The number of rotatable bonds is 6. The predicted molar refractivity (Wildman–Crippen MR) is 85.2 cm³/mol. The fraction of sp³-hybridized carbons (Fsp3) is 0.471. The highest BCUT2D eigenvalue weighted by Crippen LogP contribution is 2.22. The normalized spacial score (nSPS) is 14.7. The predicted octanol–water partition coefficient (Wildman–Crippen LogP) is 2.21. The Morgan fingerprint density at radius 3 is 2.71 bits per heavy atom. The van der Waals surface area contributed by atoms with Crippen molar-refractivity contribution in [3.8, 4) is 5.75 Å². The van der Waals surface area contributed by atoms with Crippen molar-refractivity contribution in [2.24, 2.45) is 5.92 Å². The van der Waals surface area contributed by atoms with Crippen LogP contribution in [0, 0.1) is 5.92 Å². The van der Waals surface area contributed by atoms with Crippen LogP contribution in [0.15, 0.2) is 30.3 Å². The molecule has 114 valence electrons. The van der Waals surface area contributed by atoms with Crippen LogP contribution in [0.1, 0.15) is 25.8 Å². The van der Waals surface area contributed by atoms with Crippen LogP contribution in [-0.4, -0.2) is 32.1 Å². The molecule has 4 heteroatoms. The Bertz CT molecular complexity index is 492. The van der Waals surface area contributed by atoms with Crippen molar-refractivity contribution < 1.29 is 9.53 Å². The molecular formula is C17H24N2O2. The fourth-order valence-electron chi connectivity index (χ4n) is 2.17. The molecule has 1 aromatic rings. The van der Waals surface area contributed by atoms with Crippen molar-refractivity contribution in [1.29, 1.82) is 0 Å². The second-order valence-electron chi connectivity index (χ2n) is 5.69. The minimum atomic E-state index is -0.0751. The van der Waals surface area contributed by atoms with Crippen LogP contribution in [0.5, 0.6) is 5.75 Å². The van der Waals surface area contributed by atoms with Crippen molar-refractivity contribution in [3.63, 3.8) is 0 Å². The van der Waals surface area contributed by atoms with Crippen molar-refractivity contribution in [1.82, 2.24) is 10.6 Å². The van der Waals surface area contributed by atoms with E-state index in [2.05, 4.69) is 42.7 Å². The maximum Gasteiger partial charge on any atom is 0.257 e. The molecule has 0 aliphatic carbocycles. The first-order chi connectivity index (χ1) is 10.1. The molecule has 2 rings (SSSR count). The molecule has 1 heterocycles. The molecule has 1 aliphatic rings. The molecule has 1 amide bonds. The first-order valence-corrected chi connectivity index (χ1v) is 7.55. The summed E-state index contributed by atoms with van der Waals surface area (Å²) in [4.78, 5) is 11.6. The van der Waals surface area contributed by atoms with Gasteiger partial charge in [-0.1, -0.05) is 32.1 Å². The third-order valence-corrected chi connectivity index (χ3v) is 3.37. The molecule has 1 aromatic carbocycles.